The average molecular weight is 451 g/mol. The number of likely N-dealkylation sites (N-methyl/N-ethyl adjacent to an activating group) is 1. The molecular weight excluding hydrogens is 427 g/mol. The molecule has 164 valence electrons. The molecule has 5 rings (SSSR count). The summed E-state index contributed by atoms with van der Waals surface area (Å²) in [6.45, 7) is 3.86. The molecule has 0 amide bonds. The van der Waals surface area contributed by atoms with Crippen LogP contribution in [0, 0.1) is 5.82 Å². The first-order valence-electron chi connectivity index (χ1n) is 10.4. The molecule has 1 aliphatic heterocycles. The number of methoxy groups -OCH3 is 1. The summed E-state index contributed by atoms with van der Waals surface area (Å²) in [5, 5.41) is 0. The van der Waals surface area contributed by atoms with E-state index in [0.29, 0.717) is 15.9 Å². The van der Waals surface area contributed by atoms with Crippen LogP contribution >= 0.6 is 11.3 Å². The summed E-state index contributed by atoms with van der Waals surface area (Å²) < 4.78 is 21.0. The number of hydrogen-bond acceptors (Lipinski definition) is 6. The highest BCUT2D eigenvalue weighted by Crippen LogP contribution is 2.33. The molecule has 0 spiro atoms. The molecule has 0 saturated carbocycles. The molecule has 0 radical (unpaired) electrons. The number of piperazine rings is 1. The van der Waals surface area contributed by atoms with Crippen LogP contribution in [-0.4, -0.2) is 54.8 Å². The second-order valence-electron chi connectivity index (χ2n) is 7.90. The molecule has 4 aromatic rings. The molecule has 3 heterocycles. The number of hydrogen-bond donors (Lipinski definition) is 0. The molecule has 0 aliphatic carbocycles. The van der Waals surface area contributed by atoms with Gasteiger partial charge < -0.3 is 14.5 Å². The van der Waals surface area contributed by atoms with Gasteiger partial charge in [-0.25, -0.2) is 9.37 Å². The van der Waals surface area contributed by atoms with Gasteiger partial charge in [0.2, 0.25) is 0 Å². The number of anilines is 1. The number of ether oxygens (including phenoxy) is 1. The van der Waals surface area contributed by atoms with E-state index in [1.807, 2.05) is 24.3 Å². The Hall–Kier alpha value is -3.23. The first kappa shape index (κ1) is 20.7. The molecule has 0 bridgehead atoms. The van der Waals surface area contributed by atoms with Gasteiger partial charge in [0, 0.05) is 37.1 Å². The van der Waals surface area contributed by atoms with Crippen LogP contribution in [0.4, 0.5) is 10.1 Å². The zero-order chi connectivity index (χ0) is 22.2. The summed E-state index contributed by atoms with van der Waals surface area (Å²) in [5.74, 6) is 0.446. The van der Waals surface area contributed by atoms with Crippen molar-refractivity contribution in [3.63, 3.8) is 0 Å². The van der Waals surface area contributed by atoms with Crippen LogP contribution in [0.2, 0.25) is 0 Å². The molecule has 1 saturated heterocycles. The zero-order valence-corrected chi connectivity index (χ0v) is 18.7. The molecular formula is C24H23FN4O2S. The van der Waals surface area contributed by atoms with Gasteiger partial charge in [0.15, 0.2) is 0 Å². The summed E-state index contributed by atoms with van der Waals surface area (Å²) in [7, 11) is 3.77. The van der Waals surface area contributed by atoms with Crippen molar-refractivity contribution >= 4 is 27.2 Å². The minimum Gasteiger partial charge on any atom is -0.495 e. The number of thiophene rings is 1. The van der Waals surface area contributed by atoms with Crippen molar-refractivity contribution in [3.8, 4) is 21.9 Å². The number of benzene rings is 2. The van der Waals surface area contributed by atoms with Crippen molar-refractivity contribution in [2.75, 3.05) is 45.2 Å². The Morgan fingerprint density at radius 1 is 1.03 bits per heavy atom. The lowest BCUT2D eigenvalue weighted by molar-refractivity contribution is 0.311. The summed E-state index contributed by atoms with van der Waals surface area (Å²) in [6.07, 6.45) is 1.55. The van der Waals surface area contributed by atoms with Crippen LogP contribution in [0.15, 0.2) is 59.7 Å². The van der Waals surface area contributed by atoms with Crippen LogP contribution in [0.1, 0.15) is 0 Å². The highest BCUT2D eigenvalue weighted by atomic mass is 32.1. The highest BCUT2D eigenvalue weighted by Gasteiger charge is 2.19. The fourth-order valence-electron chi connectivity index (χ4n) is 3.98. The Bertz CT molecular complexity index is 1320. The lowest BCUT2D eigenvalue weighted by atomic mass is 10.2. The molecule has 6 nitrogen and oxygen atoms in total. The van der Waals surface area contributed by atoms with Crippen LogP contribution < -0.4 is 15.2 Å². The van der Waals surface area contributed by atoms with Gasteiger partial charge in [-0.15, -0.1) is 11.3 Å². The van der Waals surface area contributed by atoms with Crippen molar-refractivity contribution in [1.29, 1.82) is 0 Å². The smallest absolute Gasteiger partial charge is 0.275 e. The maximum atomic E-state index is 13.3. The summed E-state index contributed by atoms with van der Waals surface area (Å²) >= 11 is 1.37. The fraction of sp³-hybridized carbons (Fsp3) is 0.250. The van der Waals surface area contributed by atoms with E-state index in [-0.39, 0.29) is 11.4 Å². The topological polar surface area (TPSA) is 50.6 Å². The van der Waals surface area contributed by atoms with Gasteiger partial charge >= 0.3 is 0 Å². The minimum absolute atomic E-state index is 0.136. The molecule has 8 heteroatoms. The lowest BCUT2D eigenvalue weighted by Gasteiger charge is -2.34. The Labute approximate surface area is 189 Å². The normalized spacial score (nSPS) is 14.8. The van der Waals surface area contributed by atoms with E-state index in [9.17, 15) is 9.18 Å². The van der Waals surface area contributed by atoms with Crippen molar-refractivity contribution in [1.82, 2.24) is 14.5 Å². The Morgan fingerprint density at radius 3 is 2.50 bits per heavy atom. The molecule has 0 N–H and O–H groups in total. The Balaban J connectivity index is 1.52. The third-order valence-electron chi connectivity index (χ3n) is 5.85. The molecule has 2 aromatic heterocycles. The van der Waals surface area contributed by atoms with Crippen molar-refractivity contribution < 1.29 is 9.13 Å². The summed E-state index contributed by atoms with van der Waals surface area (Å²) in [5.41, 5.74) is 3.09. The molecule has 0 unspecified atom stereocenters. The maximum absolute atomic E-state index is 13.3. The number of nitrogens with zero attached hydrogens (tertiary/aromatic N) is 4. The second kappa shape index (κ2) is 8.37. The second-order valence-corrected chi connectivity index (χ2v) is 8.95. The van der Waals surface area contributed by atoms with Crippen LogP contribution in [-0.2, 0) is 0 Å². The van der Waals surface area contributed by atoms with Crippen LogP contribution in [0.25, 0.3) is 26.3 Å². The third kappa shape index (κ3) is 3.76. The molecule has 1 aliphatic rings. The lowest BCUT2D eigenvalue weighted by Crippen LogP contribution is -2.44. The maximum Gasteiger partial charge on any atom is 0.275 e. The van der Waals surface area contributed by atoms with Crippen LogP contribution in [0.3, 0.4) is 0 Å². The van der Waals surface area contributed by atoms with E-state index in [1.54, 1.807) is 30.1 Å². The molecule has 32 heavy (non-hydrogen) atoms. The third-order valence-corrected chi connectivity index (χ3v) is 7.01. The monoisotopic (exact) mass is 450 g/mol. The van der Waals surface area contributed by atoms with E-state index in [4.69, 9.17) is 4.74 Å². The standard InChI is InChI=1S/C24H23FN4O2S/c1-27-9-11-28(12-10-27)20-8-7-18(13-21(20)31-2)29-15-26-19-14-22(32-23(19)24(29)30)16-3-5-17(25)6-4-16/h3-8,13-15H,9-12H2,1-2H3. The van der Waals surface area contributed by atoms with E-state index in [0.717, 1.165) is 48.1 Å². The molecule has 2 aromatic carbocycles. The fourth-order valence-corrected chi connectivity index (χ4v) is 5.02. The first-order chi connectivity index (χ1) is 15.5. The van der Waals surface area contributed by atoms with Gasteiger partial charge in [0.05, 0.1) is 24.0 Å². The minimum atomic E-state index is -0.288. The Kier molecular flexibility index (Phi) is 5.40. The van der Waals surface area contributed by atoms with E-state index in [2.05, 4.69) is 21.8 Å². The summed E-state index contributed by atoms with van der Waals surface area (Å²) in [4.78, 5) is 23.3. The number of aromatic nitrogens is 2. The zero-order valence-electron chi connectivity index (χ0n) is 17.9. The van der Waals surface area contributed by atoms with E-state index >= 15 is 0 Å². The van der Waals surface area contributed by atoms with Gasteiger partial charge in [0.25, 0.3) is 5.56 Å². The van der Waals surface area contributed by atoms with Gasteiger partial charge in [-0.3, -0.25) is 9.36 Å². The predicted octanol–water partition coefficient (Wildman–Crippen LogP) is 4.01. The average Bonchev–Trinajstić information content (AvgIpc) is 3.25. The van der Waals surface area contributed by atoms with Gasteiger partial charge in [0.1, 0.15) is 22.6 Å². The first-order valence-corrected chi connectivity index (χ1v) is 11.2. The van der Waals surface area contributed by atoms with Crippen molar-refractivity contribution in [2.45, 2.75) is 0 Å². The largest absolute Gasteiger partial charge is 0.495 e. The van der Waals surface area contributed by atoms with Gasteiger partial charge in [-0.05, 0) is 42.9 Å². The van der Waals surface area contributed by atoms with Crippen LogP contribution in [0.5, 0.6) is 5.75 Å². The van der Waals surface area contributed by atoms with E-state index in [1.165, 1.54) is 23.5 Å². The number of rotatable bonds is 4. The number of fused-ring (bicyclic) bond motifs is 1. The van der Waals surface area contributed by atoms with E-state index < -0.39 is 0 Å². The van der Waals surface area contributed by atoms with Gasteiger partial charge in [-0.1, -0.05) is 12.1 Å². The van der Waals surface area contributed by atoms with Crippen molar-refractivity contribution in [2.24, 2.45) is 0 Å². The quantitative estimate of drug-likeness (QED) is 0.470. The summed E-state index contributed by atoms with van der Waals surface area (Å²) in [6, 6.07) is 13.9. The predicted molar refractivity (Wildman–Crippen MR) is 127 cm³/mol. The molecule has 0 atom stereocenters. The van der Waals surface area contributed by atoms with Crippen molar-refractivity contribution in [3.05, 3.63) is 71.0 Å². The Morgan fingerprint density at radius 2 is 1.78 bits per heavy atom. The number of halogens is 1. The highest BCUT2D eigenvalue weighted by molar-refractivity contribution is 7.22. The SMILES string of the molecule is COc1cc(-n2cnc3cc(-c4ccc(F)cc4)sc3c2=O)ccc1N1CCN(C)CC1. The molecule has 1 fully saturated rings. The van der Waals surface area contributed by atoms with Gasteiger partial charge in [-0.2, -0.15) is 0 Å².